The number of nitro groups is 1. The van der Waals surface area contributed by atoms with Gasteiger partial charge < -0.3 is 5.32 Å². The molecule has 1 amide bonds. The number of halogens is 6. The van der Waals surface area contributed by atoms with Gasteiger partial charge in [-0.1, -0.05) is 0 Å². The standard InChI is InChI=1S/C17H12F6N6O3/c1-7-16(29(31)32)15(17(22)23)26-28(7)6-12(30)24-11-2-3-27(25-11)5-8-13(20)9(18)4-10(19)14(8)21/h2-4,17H,5-6H2,1H3,(H,24,25,30). The summed E-state index contributed by atoms with van der Waals surface area (Å²) in [6, 6.07) is 1.25. The number of amides is 1. The molecule has 0 spiro atoms. The van der Waals surface area contributed by atoms with Crippen molar-refractivity contribution in [2.45, 2.75) is 26.4 Å². The van der Waals surface area contributed by atoms with Gasteiger partial charge in [-0.25, -0.2) is 26.3 Å². The van der Waals surface area contributed by atoms with Crippen LogP contribution < -0.4 is 5.32 Å². The number of nitrogens with one attached hydrogen (secondary N) is 1. The van der Waals surface area contributed by atoms with Crippen molar-refractivity contribution >= 4 is 17.4 Å². The molecule has 15 heteroatoms. The molecule has 9 nitrogen and oxygen atoms in total. The van der Waals surface area contributed by atoms with Crippen molar-refractivity contribution in [3.05, 3.63) is 68.7 Å². The summed E-state index contributed by atoms with van der Waals surface area (Å²) in [7, 11) is 0. The van der Waals surface area contributed by atoms with E-state index in [4.69, 9.17) is 0 Å². The van der Waals surface area contributed by atoms with E-state index in [2.05, 4.69) is 15.5 Å². The van der Waals surface area contributed by atoms with Crippen LogP contribution in [-0.2, 0) is 17.9 Å². The molecule has 0 aliphatic heterocycles. The van der Waals surface area contributed by atoms with Gasteiger partial charge >= 0.3 is 5.69 Å². The van der Waals surface area contributed by atoms with Gasteiger partial charge in [0.15, 0.2) is 29.1 Å². The van der Waals surface area contributed by atoms with Crippen LogP contribution in [0.5, 0.6) is 0 Å². The van der Waals surface area contributed by atoms with Gasteiger partial charge in [-0.15, -0.1) is 0 Å². The predicted octanol–water partition coefficient (Wildman–Crippen LogP) is 3.48. The summed E-state index contributed by atoms with van der Waals surface area (Å²) in [6.07, 6.45) is -2.08. The van der Waals surface area contributed by atoms with Crippen LogP contribution in [0.4, 0.5) is 37.8 Å². The summed E-state index contributed by atoms with van der Waals surface area (Å²) < 4.78 is 81.7. The smallest absolute Gasteiger partial charge is 0.308 e. The fraction of sp³-hybridized carbons (Fsp3) is 0.235. The lowest BCUT2D eigenvalue weighted by Gasteiger charge is -2.07. The van der Waals surface area contributed by atoms with Gasteiger partial charge in [-0.2, -0.15) is 10.2 Å². The van der Waals surface area contributed by atoms with Crippen LogP contribution in [0.15, 0.2) is 18.3 Å². The number of alkyl halides is 2. The number of carbonyl (C=O) groups is 1. The van der Waals surface area contributed by atoms with E-state index in [9.17, 15) is 41.3 Å². The van der Waals surface area contributed by atoms with E-state index in [0.29, 0.717) is 4.68 Å². The summed E-state index contributed by atoms with van der Waals surface area (Å²) in [5, 5.41) is 20.4. The Morgan fingerprint density at radius 3 is 2.34 bits per heavy atom. The Morgan fingerprint density at radius 1 is 1.19 bits per heavy atom. The van der Waals surface area contributed by atoms with Gasteiger partial charge in [0.2, 0.25) is 11.6 Å². The third-order valence-corrected chi connectivity index (χ3v) is 4.31. The monoisotopic (exact) mass is 462 g/mol. The summed E-state index contributed by atoms with van der Waals surface area (Å²) in [4.78, 5) is 22.1. The number of hydrogen-bond acceptors (Lipinski definition) is 5. The molecule has 0 aliphatic carbocycles. The summed E-state index contributed by atoms with van der Waals surface area (Å²) in [6.45, 7) is -0.241. The SMILES string of the molecule is Cc1c([N+](=O)[O-])c(C(F)F)nn1CC(=O)Nc1ccn(Cc2c(F)c(F)cc(F)c2F)n1. The van der Waals surface area contributed by atoms with Crippen LogP contribution in [0.3, 0.4) is 0 Å². The second kappa shape index (κ2) is 8.68. The summed E-state index contributed by atoms with van der Waals surface area (Å²) in [5.74, 6) is -7.39. The first-order valence-electron chi connectivity index (χ1n) is 8.64. The van der Waals surface area contributed by atoms with Crippen molar-refractivity contribution < 1.29 is 36.1 Å². The van der Waals surface area contributed by atoms with Crippen LogP contribution in [0.1, 0.15) is 23.4 Å². The predicted molar refractivity (Wildman–Crippen MR) is 94.8 cm³/mol. The van der Waals surface area contributed by atoms with Crippen molar-refractivity contribution in [2.75, 3.05) is 5.32 Å². The van der Waals surface area contributed by atoms with Gasteiger partial charge in [0.1, 0.15) is 12.2 Å². The second-order valence-electron chi connectivity index (χ2n) is 6.43. The quantitative estimate of drug-likeness (QED) is 0.250. The Balaban J connectivity index is 1.74. The van der Waals surface area contributed by atoms with Crippen LogP contribution in [0.25, 0.3) is 0 Å². The number of hydrogen-bond donors (Lipinski definition) is 1. The maximum atomic E-state index is 13.8. The van der Waals surface area contributed by atoms with E-state index >= 15 is 0 Å². The zero-order valence-electron chi connectivity index (χ0n) is 16.0. The number of carbonyl (C=O) groups excluding carboxylic acids is 1. The first-order chi connectivity index (χ1) is 15.0. The van der Waals surface area contributed by atoms with Crippen molar-refractivity contribution in [2.24, 2.45) is 0 Å². The van der Waals surface area contributed by atoms with Crippen LogP contribution in [0, 0.1) is 40.3 Å². The van der Waals surface area contributed by atoms with Gasteiger partial charge in [0.05, 0.1) is 17.0 Å². The van der Waals surface area contributed by atoms with E-state index in [1.54, 1.807) is 0 Å². The number of rotatable bonds is 7. The van der Waals surface area contributed by atoms with Gasteiger partial charge in [0, 0.05) is 18.3 Å². The molecule has 0 atom stereocenters. The minimum atomic E-state index is -3.23. The normalized spacial score (nSPS) is 11.2. The number of anilines is 1. The third kappa shape index (κ3) is 4.40. The van der Waals surface area contributed by atoms with Crippen molar-refractivity contribution in [3.8, 4) is 0 Å². The second-order valence-corrected chi connectivity index (χ2v) is 6.43. The van der Waals surface area contributed by atoms with E-state index in [-0.39, 0.29) is 17.6 Å². The Morgan fingerprint density at radius 2 is 1.81 bits per heavy atom. The number of nitrogens with zero attached hydrogens (tertiary/aromatic N) is 5. The zero-order chi connectivity index (χ0) is 23.7. The molecule has 3 rings (SSSR count). The van der Waals surface area contributed by atoms with E-state index in [1.807, 2.05) is 0 Å². The van der Waals surface area contributed by atoms with Crippen molar-refractivity contribution in [1.29, 1.82) is 0 Å². The van der Waals surface area contributed by atoms with E-state index in [1.165, 1.54) is 6.07 Å². The molecule has 1 aromatic carbocycles. The minimum Gasteiger partial charge on any atom is -0.308 e. The van der Waals surface area contributed by atoms with Crippen LogP contribution >= 0.6 is 0 Å². The average molecular weight is 462 g/mol. The molecule has 0 fully saturated rings. The molecule has 0 saturated heterocycles. The molecule has 3 aromatic rings. The molecule has 2 aromatic heterocycles. The molecule has 32 heavy (non-hydrogen) atoms. The highest BCUT2D eigenvalue weighted by atomic mass is 19.3. The minimum absolute atomic E-state index is 0.0595. The average Bonchev–Trinajstić information content (AvgIpc) is 3.28. The number of benzene rings is 1. The lowest BCUT2D eigenvalue weighted by Crippen LogP contribution is -2.21. The fourth-order valence-corrected chi connectivity index (χ4v) is 2.84. The Bertz CT molecular complexity index is 1180. The zero-order valence-corrected chi connectivity index (χ0v) is 16.0. The van der Waals surface area contributed by atoms with Crippen LogP contribution in [0.2, 0.25) is 0 Å². The maximum Gasteiger partial charge on any atom is 0.319 e. The van der Waals surface area contributed by atoms with Gasteiger partial charge in [-0.3, -0.25) is 24.3 Å². The Labute approximate surface area is 174 Å². The van der Waals surface area contributed by atoms with E-state index in [0.717, 1.165) is 17.8 Å². The van der Waals surface area contributed by atoms with Crippen molar-refractivity contribution in [3.63, 3.8) is 0 Å². The van der Waals surface area contributed by atoms with Crippen LogP contribution in [-0.4, -0.2) is 30.4 Å². The summed E-state index contributed by atoms with van der Waals surface area (Å²) >= 11 is 0. The largest absolute Gasteiger partial charge is 0.319 e. The molecule has 2 heterocycles. The molecule has 0 unspecified atom stereocenters. The van der Waals surface area contributed by atoms with Gasteiger partial charge in [-0.05, 0) is 6.92 Å². The highest BCUT2D eigenvalue weighted by Gasteiger charge is 2.31. The molecule has 0 aliphatic rings. The third-order valence-electron chi connectivity index (χ3n) is 4.31. The fourth-order valence-electron chi connectivity index (χ4n) is 2.84. The topological polar surface area (TPSA) is 108 Å². The number of aromatic nitrogens is 4. The highest BCUT2D eigenvalue weighted by molar-refractivity contribution is 5.89. The van der Waals surface area contributed by atoms with Crippen molar-refractivity contribution in [1.82, 2.24) is 19.6 Å². The molecule has 0 saturated carbocycles. The van der Waals surface area contributed by atoms with E-state index < -0.39 is 70.6 Å². The summed E-state index contributed by atoms with van der Waals surface area (Å²) in [5.41, 5.74) is -3.20. The highest BCUT2D eigenvalue weighted by Crippen LogP contribution is 2.30. The first-order valence-corrected chi connectivity index (χ1v) is 8.64. The molecular formula is C17H12F6N6O3. The Hall–Kier alpha value is -3.91. The molecule has 1 N–H and O–H groups in total. The lowest BCUT2D eigenvalue weighted by molar-refractivity contribution is -0.386. The molecule has 170 valence electrons. The molecular weight excluding hydrogens is 450 g/mol. The van der Waals surface area contributed by atoms with Gasteiger partial charge in [0.25, 0.3) is 6.43 Å². The molecule has 0 radical (unpaired) electrons. The lowest BCUT2D eigenvalue weighted by atomic mass is 10.2. The first kappa shape index (κ1) is 22.8. The Kier molecular flexibility index (Phi) is 6.18. The maximum absolute atomic E-state index is 13.8. The molecule has 0 bridgehead atoms.